The van der Waals surface area contributed by atoms with Crippen LogP contribution in [0.1, 0.15) is 11.1 Å². The second kappa shape index (κ2) is 8.28. The van der Waals surface area contributed by atoms with E-state index in [0.717, 1.165) is 22.6 Å². The summed E-state index contributed by atoms with van der Waals surface area (Å²) in [5, 5.41) is 0. The van der Waals surface area contributed by atoms with Crippen LogP contribution in [-0.4, -0.2) is 42.3 Å². The van der Waals surface area contributed by atoms with Crippen LogP contribution in [0, 0.1) is 5.82 Å². The number of carbonyl (C=O) groups is 1. The topological polar surface area (TPSA) is 38.8 Å². The third kappa shape index (κ3) is 4.34. The van der Waals surface area contributed by atoms with E-state index in [-0.39, 0.29) is 13.2 Å². The number of benzene rings is 2. The number of hydrogen-bond acceptors (Lipinski definition) is 3. The van der Waals surface area contributed by atoms with Crippen LogP contribution in [0.15, 0.2) is 54.6 Å². The van der Waals surface area contributed by atoms with Gasteiger partial charge in [0.2, 0.25) is 5.91 Å². The highest BCUT2D eigenvalue weighted by molar-refractivity contribution is 5.78. The summed E-state index contributed by atoms with van der Waals surface area (Å²) >= 11 is 0. The third-order valence-corrected chi connectivity index (χ3v) is 4.62. The first kappa shape index (κ1) is 20.3. The molecule has 8 heteroatoms. The second-order valence-corrected chi connectivity index (χ2v) is 6.61. The van der Waals surface area contributed by atoms with Crippen molar-refractivity contribution < 1.29 is 31.8 Å². The summed E-state index contributed by atoms with van der Waals surface area (Å²) < 4.78 is 64.5. The SMILES string of the molecule is O=C(COCc1ccccc1)N(Cc1ccc(F)cc1)C1(C(F)(F)F)COC1. The van der Waals surface area contributed by atoms with Gasteiger partial charge >= 0.3 is 6.18 Å². The van der Waals surface area contributed by atoms with Crippen LogP contribution in [0.3, 0.4) is 0 Å². The maximum absolute atomic E-state index is 13.7. The van der Waals surface area contributed by atoms with Gasteiger partial charge in [-0.1, -0.05) is 42.5 Å². The zero-order valence-electron chi connectivity index (χ0n) is 14.9. The number of hydrogen-bond donors (Lipinski definition) is 0. The molecule has 1 aliphatic rings. The number of alkyl halides is 3. The Morgan fingerprint density at radius 3 is 2.21 bits per heavy atom. The molecule has 3 rings (SSSR count). The maximum Gasteiger partial charge on any atom is 0.416 e. The van der Waals surface area contributed by atoms with Crippen LogP contribution in [-0.2, 0) is 27.4 Å². The van der Waals surface area contributed by atoms with Crippen LogP contribution in [0.5, 0.6) is 0 Å². The van der Waals surface area contributed by atoms with Gasteiger partial charge in [0, 0.05) is 6.54 Å². The fraction of sp³-hybridized carbons (Fsp3) is 0.350. The number of ether oxygens (including phenoxy) is 2. The van der Waals surface area contributed by atoms with Crippen molar-refractivity contribution in [2.75, 3.05) is 19.8 Å². The van der Waals surface area contributed by atoms with Crippen LogP contribution in [0.25, 0.3) is 0 Å². The van der Waals surface area contributed by atoms with Gasteiger partial charge in [0.05, 0.1) is 19.8 Å². The van der Waals surface area contributed by atoms with E-state index >= 15 is 0 Å². The summed E-state index contributed by atoms with van der Waals surface area (Å²) in [4.78, 5) is 13.4. The lowest BCUT2D eigenvalue weighted by Crippen LogP contribution is -2.71. The van der Waals surface area contributed by atoms with E-state index < -0.39 is 43.3 Å². The lowest BCUT2D eigenvalue weighted by Gasteiger charge is -2.50. The molecule has 0 N–H and O–H groups in total. The van der Waals surface area contributed by atoms with Crippen molar-refractivity contribution in [3.63, 3.8) is 0 Å². The molecule has 4 nitrogen and oxygen atoms in total. The minimum Gasteiger partial charge on any atom is -0.376 e. The molecule has 28 heavy (non-hydrogen) atoms. The van der Waals surface area contributed by atoms with E-state index in [1.54, 1.807) is 24.3 Å². The molecule has 2 aromatic rings. The van der Waals surface area contributed by atoms with Gasteiger partial charge in [0.15, 0.2) is 5.54 Å². The molecule has 0 unspecified atom stereocenters. The molecule has 2 aromatic carbocycles. The summed E-state index contributed by atoms with van der Waals surface area (Å²) in [6, 6.07) is 14.0. The Bertz CT molecular complexity index is 789. The normalized spacial score (nSPS) is 15.7. The Kier molecular flexibility index (Phi) is 6.00. The van der Waals surface area contributed by atoms with Crippen molar-refractivity contribution in [1.82, 2.24) is 4.90 Å². The maximum atomic E-state index is 13.7. The molecule has 1 heterocycles. The molecular weight excluding hydrogens is 378 g/mol. The number of nitrogens with zero attached hydrogens (tertiary/aromatic N) is 1. The first-order valence-corrected chi connectivity index (χ1v) is 8.63. The summed E-state index contributed by atoms with van der Waals surface area (Å²) in [6.45, 7) is -2.00. The van der Waals surface area contributed by atoms with Gasteiger partial charge in [0.1, 0.15) is 12.4 Å². The van der Waals surface area contributed by atoms with Crippen molar-refractivity contribution in [3.05, 3.63) is 71.5 Å². The largest absolute Gasteiger partial charge is 0.416 e. The molecule has 0 radical (unpaired) electrons. The Labute approximate surface area is 159 Å². The van der Waals surface area contributed by atoms with E-state index in [4.69, 9.17) is 9.47 Å². The second-order valence-electron chi connectivity index (χ2n) is 6.61. The van der Waals surface area contributed by atoms with Crippen molar-refractivity contribution >= 4 is 5.91 Å². The van der Waals surface area contributed by atoms with Crippen molar-refractivity contribution in [1.29, 1.82) is 0 Å². The van der Waals surface area contributed by atoms with E-state index in [9.17, 15) is 22.4 Å². The molecule has 0 aliphatic carbocycles. The first-order chi connectivity index (χ1) is 13.3. The molecular formula is C20H19F4NO3. The van der Waals surface area contributed by atoms with Gasteiger partial charge < -0.3 is 14.4 Å². The number of carbonyl (C=O) groups excluding carboxylic acids is 1. The molecule has 1 amide bonds. The molecule has 1 saturated heterocycles. The molecule has 0 spiro atoms. The Balaban J connectivity index is 1.75. The number of halogens is 4. The predicted molar refractivity (Wildman–Crippen MR) is 92.7 cm³/mol. The summed E-state index contributed by atoms with van der Waals surface area (Å²) in [5.41, 5.74) is -1.22. The van der Waals surface area contributed by atoms with Crippen LogP contribution in [0.2, 0.25) is 0 Å². The smallest absolute Gasteiger partial charge is 0.376 e. The van der Waals surface area contributed by atoms with Gasteiger partial charge in [0.25, 0.3) is 0 Å². The van der Waals surface area contributed by atoms with Crippen molar-refractivity contribution in [2.24, 2.45) is 0 Å². The fourth-order valence-corrected chi connectivity index (χ4v) is 2.93. The number of amides is 1. The summed E-state index contributed by atoms with van der Waals surface area (Å²) in [5.74, 6) is -1.31. The average molecular weight is 397 g/mol. The summed E-state index contributed by atoms with van der Waals surface area (Å²) in [6.07, 6.45) is -4.67. The predicted octanol–water partition coefficient (Wildman–Crippen LogP) is 3.70. The van der Waals surface area contributed by atoms with Gasteiger partial charge in [-0.15, -0.1) is 0 Å². The quantitative estimate of drug-likeness (QED) is 0.669. The first-order valence-electron chi connectivity index (χ1n) is 8.63. The van der Waals surface area contributed by atoms with Gasteiger partial charge in [-0.2, -0.15) is 13.2 Å². The molecule has 1 aliphatic heterocycles. The van der Waals surface area contributed by atoms with E-state index in [1.165, 1.54) is 12.1 Å². The van der Waals surface area contributed by atoms with E-state index in [1.807, 2.05) is 6.07 Å². The highest BCUT2D eigenvalue weighted by Gasteiger charge is 2.64. The minimum absolute atomic E-state index is 0.104. The molecule has 0 saturated carbocycles. The van der Waals surface area contributed by atoms with Crippen molar-refractivity contribution in [3.8, 4) is 0 Å². The fourth-order valence-electron chi connectivity index (χ4n) is 2.93. The number of rotatable bonds is 7. The zero-order valence-corrected chi connectivity index (χ0v) is 14.9. The van der Waals surface area contributed by atoms with Gasteiger partial charge in [-0.3, -0.25) is 4.79 Å². The Hall–Kier alpha value is -2.45. The van der Waals surface area contributed by atoms with Crippen LogP contribution >= 0.6 is 0 Å². The molecule has 0 atom stereocenters. The monoisotopic (exact) mass is 397 g/mol. The summed E-state index contributed by atoms with van der Waals surface area (Å²) in [7, 11) is 0. The third-order valence-electron chi connectivity index (χ3n) is 4.62. The van der Waals surface area contributed by atoms with Gasteiger partial charge in [-0.05, 0) is 23.3 Å². The molecule has 1 fully saturated rings. The Morgan fingerprint density at radius 1 is 1.04 bits per heavy atom. The minimum atomic E-state index is -4.67. The standard InChI is InChI=1S/C20H19F4NO3/c21-17-8-6-15(7-9-17)10-25(19(13-28-14-19)20(22,23)24)18(26)12-27-11-16-4-2-1-3-5-16/h1-9H,10-14H2. The highest BCUT2D eigenvalue weighted by atomic mass is 19.4. The van der Waals surface area contributed by atoms with Crippen molar-refractivity contribution in [2.45, 2.75) is 24.9 Å². The van der Waals surface area contributed by atoms with E-state index in [2.05, 4.69) is 0 Å². The lowest BCUT2D eigenvalue weighted by atomic mass is 9.93. The molecule has 150 valence electrons. The lowest BCUT2D eigenvalue weighted by molar-refractivity contribution is -0.303. The van der Waals surface area contributed by atoms with Crippen LogP contribution < -0.4 is 0 Å². The van der Waals surface area contributed by atoms with E-state index in [0.29, 0.717) is 5.56 Å². The average Bonchev–Trinajstić information content (AvgIpc) is 2.61. The van der Waals surface area contributed by atoms with Gasteiger partial charge in [-0.25, -0.2) is 4.39 Å². The molecule has 0 bridgehead atoms. The highest BCUT2D eigenvalue weighted by Crippen LogP contribution is 2.42. The Morgan fingerprint density at radius 2 is 1.68 bits per heavy atom. The van der Waals surface area contributed by atoms with Crippen LogP contribution in [0.4, 0.5) is 17.6 Å². The zero-order chi connectivity index (χ0) is 20.2. The molecule has 0 aromatic heterocycles.